The van der Waals surface area contributed by atoms with Crippen molar-refractivity contribution in [2.24, 2.45) is 5.92 Å². The largest absolute Gasteiger partial charge is 0.335 e. The molecule has 0 unspecified atom stereocenters. The summed E-state index contributed by atoms with van der Waals surface area (Å²) in [5.41, 5.74) is 3.53. The van der Waals surface area contributed by atoms with Gasteiger partial charge in [-0.15, -0.1) is 0 Å². The van der Waals surface area contributed by atoms with Crippen LogP contribution in [0.5, 0.6) is 0 Å². The molecule has 0 aliphatic carbocycles. The van der Waals surface area contributed by atoms with Crippen molar-refractivity contribution < 1.29 is 4.79 Å². The number of hydrogen-bond donors (Lipinski definition) is 1. The second-order valence-electron chi connectivity index (χ2n) is 8.30. The molecule has 0 spiro atoms. The molecule has 0 atom stereocenters. The summed E-state index contributed by atoms with van der Waals surface area (Å²) in [6, 6.07) is 19.0. The van der Waals surface area contributed by atoms with Crippen LogP contribution in [0.4, 0.5) is 4.79 Å². The van der Waals surface area contributed by atoms with Gasteiger partial charge in [-0.05, 0) is 35.4 Å². The zero-order valence-electron chi connectivity index (χ0n) is 17.4. The standard InChI is InChI=1S/C24H33N3O/c1-19(2)17-27-15-13-22(14-16-27)25-24(28)26(3)18-21-11-7-8-12-23(21)20-9-5-4-6-10-20/h4-12,19,22H,13-18H2,1-3H3,(H,25,28). The predicted octanol–water partition coefficient (Wildman–Crippen LogP) is 4.62. The minimum absolute atomic E-state index is 0.0187. The first-order valence-corrected chi connectivity index (χ1v) is 10.4. The molecule has 1 saturated heterocycles. The van der Waals surface area contributed by atoms with Crippen molar-refractivity contribution >= 4 is 6.03 Å². The lowest BCUT2D eigenvalue weighted by Crippen LogP contribution is -2.48. The van der Waals surface area contributed by atoms with E-state index in [4.69, 9.17) is 0 Å². The van der Waals surface area contributed by atoms with Crippen LogP contribution in [0, 0.1) is 5.92 Å². The number of piperidine rings is 1. The second kappa shape index (κ2) is 9.74. The SMILES string of the molecule is CC(C)CN1CCC(NC(=O)N(C)Cc2ccccc2-c2ccccc2)CC1. The normalized spacial score (nSPS) is 15.6. The maximum atomic E-state index is 12.7. The molecular weight excluding hydrogens is 346 g/mol. The smallest absolute Gasteiger partial charge is 0.317 e. The minimum atomic E-state index is 0.0187. The molecule has 2 amide bonds. The zero-order chi connectivity index (χ0) is 19.9. The number of amides is 2. The molecule has 0 aromatic heterocycles. The molecule has 4 heteroatoms. The number of urea groups is 1. The Labute approximate surface area is 169 Å². The van der Waals surface area contributed by atoms with Gasteiger partial charge in [-0.3, -0.25) is 0 Å². The maximum Gasteiger partial charge on any atom is 0.317 e. The van der Waals surface area contributed by atoms with E-state index >= 15 is 0 Å². The van der Waals surface area contributed by atoms with Gasteiger partial charge in [0.15, 0.2) is 0 Å². The molecule has 0 radical (unpaired) electrons. The van der Waals surface area contributed by atoms with Gasteiger partial charge in [0.2, 0.25) is 0 Å². The van der Waals surface area contributed by atoms with E-state index in [1.807, 2.05) is 31.3 Å². The zero-order valence-corrected chi connectivity index (χ0v) is 17.4. The number of carbonyl (C=O) groups excluding carboxylic acids is 1. The van der Waals surface area contributed by atoms with Gasteiger partial charge in [0.1, 0.15) is 0 Å². The Hall–Kier alpha value is -2.33. The van der Waals surface area contributed by atoms with Gasteiger partial charge in [-0.2, -0.15) is 0 Å². The third-order valence-electron chi connectivity index (χ3n) is 5.39. The van der Waals surface area contributed by atoms with Gasteiger partial charge in [0.25, 0.3) is 0 Å². The van der Waals surface area contributed by atoms with E-state index in [2.05, 4.69) is 54.4 Å². The highest BCUT2D eigenvalue weighted by molar-refractivity contribution is 5.75. The summed E-state index contributed by atoms with van der Waals surface area (Å²) in [4.78, 5) is 17.0. The highest BCUT2D eigenvalue weighted by Gasteiger charge is 2.22. The van der Waals surface area contributed by atoms with E-state index in [9.17, 15) is 4.79 Å². The number of hydrogen-bond acceptors (Lipinski definition) is 2. The Bertz CT molecular complexity index is 751. The van der Waals surface area contributed by atoms with Gasteiger partial charge in [0, 0.05) is 39.3 Å². The average Bonchev–Trinajstić information content (AvgIpc) is 2.70. The lowest BCUT2D eigenvalue weighted by atomic mass is 9.99. The topological polar surface area (TPSA) is 35.6 Å². The molecule has 1 heterocycles. The molecule has 1 N–H and O–H groups in total. The molecule has 1 aliphatic heterocycles. The van der Waals surface area contributed by atoms with Gasteiger partial charge in [-0.1, -0.05) is 68.4 Å². The summed E-state index contributed by atoms with van der Waals surface area (Å²) in [6.07, 6.45) is 2.07. The van der Waals surface area contributed by atoms with Crippen molar-refractivity contribution in [2.45, 2.75) is 39.3 Å². The summed E-state index contributed by atoms with van der Waals surface area (Å²) in [7, 11) is 1.88. The van der Waals surface area contributed by atoms with Gasteiger partial charge >= 0.3 is 6.03 Å². The molecule has 3 rings (SSSR count). The van der Waals surface area contributed by atoms with Crippen molar-refractivity contribution in [3.05, 3.63) is 60.2 Å². The Kier molecular flexibility index (Phi) is 7.10. The van der Waals surface area contributed by atoms with Crippen LogP contribution in [-0.4, -0.2) is 48.6 Å². The first-order valence-electron chi connectivity index (χ1n) is 10.4. The third kappa shape index (κ3) is 5.59. The van der Waals surface area contributed by atoms with E-state index < -0.39 is 0 Å². The number of rotatable bonds is 6. The molecule has 1 aliphatic rings. The highest BCUT2D eigenvalue weighted by atomic mass is 16.2. The van der Waals surface area contributed by atoms with Crippen LogP contribution < -0.4 is 5.32 Å². The van der Waals surface area contributed by atoms with Crippen molar-refractivity contribution in [3.8, 4) is 11.1 Å². The number of nitrogens with zero attached hydrogens (tertiary/aromatic N) is 2. The number of likely N-dealkylation sites (tertiary alicyclic amines) is 1. The average molecular weight is 380 g/mol. The summed E-state index contributed by atoms with van der Waals surface area (Å²) >= 11 is 0. The second-order valence-corrected chi connectivity index (χ2v) is 8.30. The molecule has 4 nitrogen and oxygen atoms in total. The molecule has 28 heavy (non-hydrogen) atoms. The van der Waals surface area contributed by atoms with Crippen LogP contribution in [0.25, 0.3) is 11.1 Å². The fraction of sp³-hybridized carbons (Fsp3) is 0.458. The minimum Gasteiger partial charge on any atom is -0.335 e. The Morgan fingerprint density at radius 2 is 1.71 bits per heavy atom. The van der Waals surface area contributed by atoms with Crippen LogP contribution in [0.15, 0.2) is 54.6 Å². The summed E-state index contributed by atoms with van der Waals surface area (Å²) in [5, 5.41) is 3.23. The first-order chi connectivity index (χ1) is 13.5. The van der Waals surface area contributed by atoms with E-state index in [1.54, 1.807) is 4.90 Å². The Morgan fingerprint density at radius 3 is 2.39 bits per heavy atom. The van der Waals surface area contributed by atoms with Crippen molar-refractivity contribution in [1.29, 1.82) is 0 Å². The van der Waals surface area contributed by atoms with Crippen molar-refractivity contribution in [2.75, 3.05) is 26.7 Å². The molecule has 0 bridgehead atoms. The fourth-order valence-electron chi connectivity index (χ4n) is 3.95. The maximum absolute atomic E-state index is 12.7. The monoisotopic (exact) mass is 379 g/mol. The summed E-state index contributed by atoms with van der Waals surface area (Å²) in [6.45, 7) is 8.42. The van der Waals surface area contributed by atoms with E-state index in [1.165, 1.54) is 11.1 Å². The van der Waals surface area contributed by atoms with E-state index in [0.29, 0.717) is 12.5 Å². The van der Waals surface area contributed by atoms with Gasteiger partial charge in [0.05, 0.1) is 0 Å². The fourth-order valence-corrected chi connectivity index (χ4v) is 3.95. The number of carbonyl (C=O) groups is 1. The summed E-state index contributed by atoms with van der Waals surface area (Å²) in [5.74, 6) is 0.696. The molecule has 150 valence electrons. The highest BCUT2D eigenvalue weighted by Crippen LogP contribution is 2.24. The van der Waals surface area contributed by atoms with Gasteiger partial charge < -0.3 is 15.1 Å². The summed E-state index contributed by atoms with van der Waals surface area (Å²) < 4.78 is 0. The molecule has 2 aromatic carbocycles. The van der Waals surface area contributed by atoms with Gasteiger partial charge in [-0.25, -0.2) is 4.79 Å². The number of benzene rings is 2. The van der Waals surface area contributed by atoms with Crippen molar-refractivity contribution in [1.82, 2.24) is 15.1 Å². The van der Waals surface area contributed by atoms with E-state index in [0.717, 1.165) is 38.0 Å². The first kappa shape index (κ1) is 20.4. The lowest BCUT2D eigenvalue weighted by molar-refractivity contribution is 0.167. The van der Waals surface area contributed by atoms with Crippen molar-refractivity contribution in [3.63, 3.8) is 0 Å². The van der Waals surface area contributed by atoms with Crippen LogP contribution in [0.3, 0.4) is 0 Å². The molecule has 2 aromatic rings. The lowest BCUT2D eigenvalue weighted by Gasteiger charge is -2.34. The Morgan fingerprint density at radius 1 is 1.07 bits per heavy atom. The van der Waals surface area contributed by atoms with E-state index in [-0.39, 0.29) is 12.1 Å². The predicted molar refractivity (Wildman–Crippen MR) is 116 cm³/mol. The quantitative estimate of drug-likeness (QED) is 0.795. The van der Waals surface area contributed by atoms with Crippen LogP contribution >= 0.6 is 0 Å². The molecule has 0 saturated carbocycles. The molecular formula is C24H33N3O. The Balaban J connectivity index is 1.56. The molecule has 1 fully saturated rings. The van der Waals surface area contributed by atoms with Crippen LogP contribution in [-0.2, 0) is 6.54 Å². The third-order valence-corrected chi connectivity index (χ3v) is 5.39. The van der Waals surface area contributed by atoms with Crippen LogP contribution in [0.1, 0.15) is 32.3 Å². The van der Waals surface area contributed by atoms with Crippen LogP contribution in [0.2, 0.25) is 0 Å². The number of nitrogens with one attached hydrogen (secondary N) is 1.